The molecule has 24 heavy (non-hydrogen) atoms. The van der Waals surface area contributed by atoms with Crippen LogP contribution in [0, 0.1) is 13.8 Å². The molecule has 2 aromatic carbocycles. The highest BCUT2D eigenvalue weighted by atomic mass is 16.1. The molecule has 0 saturated heterocycles. The Morgan fingerprint density at radius 2 is 1.92 bits per heavy atom. The molecule has 0 unspecified atom stereocenters. The second-order valence-corrected chi connectivity index (χ2v) is 5.87. The van der Waals surface area contributed by atoms with Gasteiger partial charge >= 0.3 is 0 Å². The van der Waals surface area contributed by atoms with Crippen LogP contribution in [0.2, 0.25) is 0 Å². The van der Waals surface area contributed by atoms with Gasteiger partial charge in [-0.15, -0.1) is 6.58 Å². The molecule has 0 fully saturated rings. The standard InChI is InChI=1S/C21H20N2O/c1-4-11-22-21(24)18-13-20(16-10-9-14(2)15(3)12-16)23-19-8-6-5-7-17(18)19/h4-10,12-13H,1,11H2,2-3H3,(H,22,24). The molecule has 0 aliphatic carbocycles. The number of carbonyl (C=O) groups excluding carboxylic acids is 1. The molecule has 0 aliphatic heterocycles. The molecule has 3 rings (SSSR count). The number of para-hydroxylation sites is 1. The lowest BCUT2D eigenvalue weighted by Gasteiger charge is -2.11. The first-order valence-electron chi connectivity index (χ1n) is 7.96. The average molecular weight is 316 g/mol. The molecular weight excluding hydrogens is 296 g/mol. The number of carbonyl (C=O) groups is 1. The van der Waals surface area contributed by atoms with Crippen molar-refractivity contribution in [2.45, 2.75) is 13.8 Å². The van der Waals surface area contributed by atoms with Gasteiger partial charge in [0, 0.05) is 17.5 Å². The van der Waals surface area contributed by atoms with Gasteiger partial charge in [-0.3, -0.25) is 4.79 Å². The van der Waals surface area contributed by atoms with Crippen molar-refractivity contribution in [3.63, 3.8) is 0 Å². The molecule has 0 atom stereocenters. The van der Waals surface area contributed by atoms with Gasteiger partial charge in [0.2, 0.25) is 0 Å². The Labute approximate surface area is 142 Å². The van der Waals surface area contributed by atoms with Crippen LogP contribution in [0.3, 0.4) is 0 Å². The van der Waals surface area contributed by atoms with E-state index in [1.54, 1.807) is 6.08 Å². The lowest BCUT2D eigenvalue weighted by Crippen LogP contribution is -2.23. The molecule has 1 aromatic heterocycles. The molecule has 3 nitrogen and oxygen atoms in total. The lowest BCUT2D eigenvalue weighted by atomic mass is 10.0. The Balaban J connectivity index is 2.17. The van der Waals surface area contributed by atoms with Crippen LogP contribution >= 0.6 is 0 Å². The Morgan fingerprint density at radius 1 is 1.12 bits per heavy atom. The maximum atomic E-state index is 12.5. The van der Waals surface area contributed by atoms with Crippen LogP contribution < -0.4 is 5.32 Å². The Bertz CT molecular complexity index is 928. The number of nitrogens with one attached hydrogen (secondary N) is 1. The molecule has 1 heterocycles. The van der Waals surface area contributed by atoms with Crippen molar-refractivity contribution >= 4 is 16.8 Å². The van der Waals surface area contributed by atoms with Crippen LogP contribution in [0.25, 0.3) is 22.2 Å². The highest BCUT2D eigenvalue weighted by Gasteiger charge is 2.13. The van der Waals surface area contributed by atoms with Gasteiger partial charge in [0.1, 0.15) is 0 Å². The van der Waals surface area contributed by atoms with Crippen molar-refractivity contribution in [2.24, 2.45) is 0 Å². The van der Waals surface area contributed by atoms with Crippen LogP contribution in [0.4, 0.5) is 0 Å². The van der Waals surface area contributed by atoms with E-state index >= 15 is 0 Å². The first kappa shape index (κ1) is 15.9. The zero-order chi connectivity index (χ0) is 17.1. The first-order chi connectivity index (χ1) is 11.6. The number of fused-ring (bicyclic) bond motifs is 1. The molecule has 1 N–H and O–H groups in total. The number of rotatable bonds is 4. The number of aryl methyl sites for hydroxylation is 2. The van der Waals surface area contributed by atoms with Crippen molar-refractivity contribution in [1.29, 1.82) is 0 Å². The number of hydrogen-bond acceptors (Lipinski definition) is 2. The molecule has 120 valence electrons. The summed E-state index contributed by atoms with van der Waals surface area (Å²) in [5.74, 6) is -0.112. The third-order valence-electron chi connectivity index (χ3n) is 4.17. The van der Waals surface area contributed by atoms with Crippen molar-refractivity contribution in [3.05, 3.63) is 77.9 Å². The highest BCUT2D eigenvalue weighted by molar-refractivity contribution is 6.07. The third kappa shape index (κ3) is 3.06. The fraction of sp³-hybridized carbons (Fsp3) is 0.143. The van der Waals surface area contributed by atoms with E-state index in [2.05, 4.69) is 37.9 Å². The number of aromatic nitrogens is 1. The average Bonchev–Trinajstić information content (AvgIpc) is 2.61. The monoisotopic (exact) mass is 316 g/mol. The number of pyridine rings is 1. The fourth-order valence-corrected chi connectivity index (χ4v) is 2.67. The Kier molecular flexibility index (Phi) is 4.43. The summed E-state index contributed by atoms with van der Waals surface area (Å²) in [7, 11) is 0. The second-order valence-electron chi connectivity index (χ2n) is 5.87. The van der Waals surface area contributed by atoms with Crippen molar-refractivity contribution in [1.82, 2.24) is 10.3 Å². The van der Waals surface area contributed by atoms with E-state index in [0.29, 0.717) is 12.1 Å². The van der Waals surface area contributed by atoms with Gasteiger partial charge < -0.3 is 5.32 Å². The smallest absolute Gasteiger partial charge is 0.252 e. The van der Waals surface area contributed by atoms with E-state index in [9.17, 15) is 4.79 Å². The molecule has 3 heteroatoms. The summed E-state index contributed by atoms with van der Waals surface area (Å²) in [6, 6.07) is 15.8. The van der Waals surface area contributed by atoms with Crippen LogP contribution in [0.15, 0.2) is 61.2 Å². The summed E-state index contributed by atoms with van der Waals surface area (Å²) in [5.41, 5.74) is 5.72. The number of hydrogen-bond donors (Lipinski definition) is 1. The molecule has 0 radical (unpaired) electrons. The van der Waals surface area contributed by atoms with E-state index in [-0.39, 0.29) is 5.91 Å². The van der Waals surface area contributed by atoms with Gasteiger partial charge in [-0.25, -0.2) is 4.98 Å². The number of amides is 1. The number of nitrogens with zero attached hydrogens (tertiary/aromatic N) is 1. The van der Waals surface area contributed by atoms with Gasteiger partial charge in [-0.2, -0.15) is 0 Å². The molecule has 1 amide bonds. The van der Waals surface area contributed by atoms with Crippen molar-refractivity contribution in [3.8, 4) is 11.3 Å². The van der Waals surface area contributed by atoms with E-state index in [4.69, 9.17) is 4.98 Å². The first-order valence-corrected chi connectivity index (χ1v) is 7.96. The SMILES string of the molecule is C=CCNC(=O)c1cc(-c2ccc(C)c(C)c2)nc2ccccc12. The van der Waals surface area contributed by atoms with Gasteiger partial charge in [0.15, 0.2) is 0 Å². The minimum atomic E-state index is -0.112. The van der Waals surface area contributed by atoms with Crippen LogP contribution in [0.5, 0.6) is 0 Å². The lowest BCUT2D eigenvalue weighted by molar-refractivity contribution is 0.0959. The van der Waals surface area contributed by atoms with Gasteiger partial charge in [0.25, 0.3) is 5.91 Å². The summed E-state index contributed by atoms with van der Waals surface area (Å²) in [5, 5.41) is 3.71. The summed E-state index contributed by atoms with van der Waals surface area (Å²) in [4.78, 5) is 17.3. The zero-order valence-corrected chi connectivity index (χ0v) is 14.0. The minimum Gasteiger partial charge on any atom is -0.349 e. The van der Waals surface area contributed by atoms with Crippen LogP contribution in [-0.4, -0.2) is 17.4 Å². The van der Waals surface area contributed by atoms with E-state index in [0.717, 1.165) is 22.2 Å². The van der Waals surface area contributed by atoms with Crippen molar-refractivity contribution < 1.29 is 4.79 Å². The molecule has 0 saturated carbocycles. The van der Waals surface area contributed by atoms with Crippen LogP contribution in [0.1, 0.15) is 21.5 Å². The van der Waals surface area contributed by atoms with Gasteiger partial charge in [-0.05, 0) is 43.2 Å². The third-order valence-corrected chi connectivity index (χ3v) is 4.17. The molecule has 3 aromatic rings. The predicted molar refractivity (Wildman–Crippen MR) is 99.2 cm³/mol. The Morgan fingerprint density at radius 3 is 2.67 bits per heavy atom. The quantitative estimate of drug-likeness (QED) is 0.723. The second kappa shape index (κ2) is 6.67. The maximum absolute atomic E-state index is 12.5. The summed E-state index contributed by atoms with van der Waals surface area (Å²) < 4.78 is 0. The normalized spacial score (nSPS) is 10.6. The molecule has 0 aliphatic rings. The topological polar surface area (TPSA) is 42.0 Å². The number of benzene rings is 2. The van der Waals surface area contributed by atoms with Gasteiger partial charge in [-0.1, -0.05) is 36.4 Å². The summed E-state index contributed by atoms with van der Waals surface area (Å²) in [6.45, 7) is 8.25. The van der Waals surface area contributed by atoms with E-state index < -0.39 is 0 Å². The van der Waals surface area contributed by atoms with E-state index in [1.165, 1.54) is 11.1 Å². The summed E-state index contributed by atoms with van der Waals surface area (Å²) >= 11 is 0. The highest BCUT2D eigenvalue weighted by Crippen LogP contribution is 2.26. The zero-order valence-electron chi connectivity index (χ0n) is 14.0. The largest absolute Gasteiger partial charge is 0.349 e. The maximum Gasteiger partial charge on any atom is 0.252 e. The van der Waals surface area contributed by atoms with Crippen LogP contribution in [-0.2, 0) is 0 Å². The van der Waals surface area contributed by atoms with Gasteiger partial charge in [0.05, 0.1) is 16.8 Å². The summed E-state index contributed by atoms with van der Waals surface area (Å²) in [6.07, 6.45) is 1.67. The fourth-order valence-electron chi connectivity index (χ4n) is 2.67. The molecule has 0 spiro atoms. The Hall–Kier alpha value is -2.94. The minimum absolute atomic E-state index is 0.112. The predicted octanol–water partition coefficient (Wildman–Crippen LogP) is 4.43. The van der Waals surface area contributed by atoms with Crippen molar-refractivity contribution in [2.75, 3.05) is 6.54 Å². The van der Waals surface area contributed by atoms with E-state index in [1.807, 2.05) is 36.4 Å². The molecule has 0 bridgehead atoms. The molecular formula is C21H20N2O.